The molecule has 0 saturated carbocycles. The first-order valence-corrected chi connectivity index (χ1v) is 13.2. The number of hydrogen-bond acceptors (Lipinski definition) is 6. The molecule has 1 atom stereocenters. The van der Waals surface area contributed by atoms with E-state index in [2.05, 4.69) is 15.4 Å². The van der Waals surface area contributed by atoms with Crippen molar-refractivity contribution in [2.75, 3.05) is 19.0 Å². The Kier molecular flexibility index (Phi) is 7.89. The summed E-state index contributed by atoms with van der Waals surface area (Å²) in [7, 11) is 1.46. The van der Waals surface area contributed by atoms with Crippen molar-refractivity contribution >= 4 is 39.9 Å². The van der Waals surface area contributed by atoms with E-state index in [0.717, 1.165) is 16.6 Å². The number of Topliss-reactive ketones (excluding diaryl/α,β-unsaturated/α-hetero) is 1. The van der Waals surface area contributed by atoms with Crippen molar-refractivity contribution in [2.45, 2.75) is 19.4 Å². The van der Waals surface area contributed by atoms with Gasteiger partial charge >= 0.3 is 5.97 Å². The molecule has 0 saturated heterocycles. The lowest BCUT2D eigenvalue weighted by Gasteiger charge is -2.22. The van der Waals surface area contributed by atoms with E-state index in [1.54, 1.807) is 30.3 Å². The van der Waals surface area contributed by atoms with Crippen LogP contribution >= 0.6 is 11.6 Å². The van der Waals surface area contributed by atoms with Crippen LogP contribution in [-0.4, -0.2) is 45.3 Å². The van der Waals surface area contributed by atoms with Gasteiger partial charge in [-0.05, 0) is 66.9 Å². The maximum absolute atomic E-state index is 13.6. The Hall–Kier alpha value is -4.89. The summed E-state index contributed by atoms with van der Waals surface area (Å²) in [4.78, 5) is 40.1. The number of ether oxygens (including phenoxy) is 1. The Morgan fingerprint density at radius 3 is 2.54 bits per heavy atom. The molecule has 3 aromatic carbocycles. The highest BCUT2D eigenvalue weighted by atomic mass is 35.5. The Labute approximate surface area is 240 Å². The number of aromatic nitrogens is 3. The Bertz CT molecular complexity index is 1810. The second-order valence-corrected chi connectivity index (χ2v) is 10.0. The summed E-state index contributed by atoms with van der Waals surface area (Å²) in [6.07, 6.45) is 0.495. The number of anilines is 1. The van der Waals surface area contributed by atoms with Crippen molar-refractivity contribution in [1.29, 1.82) is 0 Å². The van der Waals surface area contributed by atoms with Gasteiger partial charge in [-0.15, -0.1) is 5.10 Å². The number of ketones is 1. The predicted molar refractivity (Wildman–Crippen MR) is 158 cm³/mol. The molecule has 0 fully saturated rings. The van der Waals surface area contributed by atoms with Gasteiger partial charge in [-0.25, -0.2) is 9.48 Å². The molecule has 5 aromatic rings. The third-order valence-corrected chi connectivity index (χ3v) is 7.06. The summed E-state index contributed by atoms with van der Waals surface area (Å²) in [5, 5.41) is 18.4. The summed E-state index contributed by atoms with van der Waals surface area (Å²) < 4.78 is 6.99. The van der Waals surface area contributed by atoms with Crippen LogP contribution in [0.5, 0.6) is 5.88 Å². The van der Waals surface area contributed by atoms with Crippen molar-refractivity contribution in [3.63, 3.8) is 0 Å². The molecular formula is C31H27ClN4O5. The molecule has 5 rings (SSSR count). The van der Waals surface area contributed by atoms with Gasteiger partial charge in [0.1, 0.15) is 5.69 Å². The number of aromatic carboxylic acids is 1. The van der Waals surface area contributed by atoms with E-state index in [1.165, 1.54) is 24.8 Å². The first kappa shape index (κ1) is 27.7. The largest absolute Gasteiger partial charge is 0.480 e. The van der Waals surface area contributed by atoms with Crippen LogP contribution in [0.1, 0.15) is 39.4 Å². The lowest BCUT2D eigenvalue weighted by Crippen LogP contribution is -2.33. The zero-order valence-electron chi connectivity index (χ0n) is 22.3. The second kappa shape index (κ2) is 11.7. The summed E-state index contributed by atoms with van der Waals surface area (Å²) in [5.41, 5.74) is 3.46. The van der Waals surface area contributed by atoms with E-state index < -0.39 is 12.0 Å². The van der Waals surface area contributed by atoms with Gasteiger partial charge in [0.2, 0.25) is 5.88 Å². The van der Waals surface area contributed by atoms with Crippen LogP contribution in [0.4, 0.5) is 5.69 Å². The molecule has 208 valence electrons. The molecule has 0 bridgehead atoms. The lowest BCUT2D eigenvalue weighted by molar-refractivity contribution is 0.0691. The van der Waals surface area contributed by atoms with Gasteiger partial charge in [0.15, 0.2) is 5.78 Å². The van der Waals surface area contributed by atoms with Gasteiger partial charge in [0.05, 0.1) is 18.7 Å². The minimum absolute atomic E-state index is 0.106. The minimum Gasteiger partial charge on any atom is -0.480 e. The van der Waals surface area contributed by atoms with Gasteiger partial charge in [0, 0.05) is 39.8 Å². The van der Waals surface area contributed by atoms with Crippen LogP contribution < -0.4 is 15.6 Å². The third-order valence-electron chi connectivity index (χ3n) is 6.82. The summed E-state index contributed by atoms with van der Waals surface area (Å²) in [6.45, 7) is 1.78. The Balaban J connectivity index is 1.52. The molecule has 0 spiro atoms. The number of carbonyl (C=O) groups is 2. The topological polar surface area (TPSA) is 126 Å². The molecule has 0 aliphatic rings. The van der Waals surface area contributed by atoms with Crippen LogP contribution in [-0.2, 0) is 6.42 Å². The number of H-pyrrole nitrogens is 1. The smallest absolute Gasteiger partial charge is 0.352 e. The number of methoxy groups -OCH3 is 1. The average molecular weight is 571 g/mol. The van der Waals surface area contributed by atoms with Crippen LogP contribution in [0.15, 0.2) is 83.7 Å². The number of benzene rings is 3. The molecule has 10 heteroatoms. The second-order valence-electron chi connectivity index (χ2n) is 9.61. The number of nitrogens with one attached hydrogen (secondary N) is 2. The lowest BCUT2D eigenvalue weighted by atomic mass is 9.98. The quantitative estimate of drug-likeness (QED) is 0.180. The summed E-state index contributed by atoms with van der Waals surface area (Å²) in [5.74, 6) is -1.03. The van der Waals surface area contributed by atoms with Gasteiger partial charge < -0.3 is 20.1 Å². The molecule has 0 amide bonds. The standard InChI is InChI=1S/C31H27ClN4O5/c1-18(37)24-10-8-21(32)15-25(24)26-16-29(38)36(35-30(26)41-2)23(12-19-6-4-3-5-7-19)17-33-22-9-11-27-20(13-22)14-28(34-27)31(39)40/h3-11,13-16,23,33-34H,12,17H2,1-2H3,(H,39,40)/t23-/m0/s1. The molecule has 0 aliphatic carbocycles. The van der Waals surface area contributed by atoms with E-state index >= 15 is 0 Å². The van der Waals surface area contributed by atoms with Crippen LogP contribution in [0.3, 0.4) is 0 Å². The number of fused-ring (bicyclic) bond motifs is 1. The van der Waals surface area contributed by atoms with Gasteiger partial charge in [-0.2, -0.15) is 0 Å². The zero-order valence-corrected chi connectivity index (χ0v) is 23.1. The SMILES string of the molecule is COc1nn([C@H](CNc2ccc3[nH]c(C(=O)O)cc3c2)Cc2ccccc2)c(=O)cc1-c1cc(Cl)ccc1C(C)=O. The van der Waals surface area contributed by atoms with Gasteiger partial charge in [0.25, 0.3) is 5.56 Å². The van der Waals surface area contributed by atoms with Crippen molar-refractivity contribution in [1.82, 2.24) is 14.8 Å². The molecular weight excluding hydrogens is 544 g/mol. The van der Waals surface area contributed by atoms with Crippen LogP contribution in [0.25, 0.3) is 22.0 Å². The monoisotopic (exact) mass is 570 g/mol. The number of halogens is 1. The first-order chi connectivity index (χ1) is 19.7. The minimum atomic E-state index is -1.03. The van der Waals surface area contributed by atoms with Crippen molar-refractivity contribution in [2.24, 2.45) is 0 Å². The van der Waals surface area contributed by atoms with E-state index in [1.807, 2.05) is 42.5 Å². The number of hydrogen-bond donors (Lipinski definition) is 3. The molecule has 9 nitrogen and oxygen atoms in total. The number of carboxylic acid groups (broad SMARTS) is 1. The van der Waals surface area contributed by atoms with Crippen molar-refractivity contribution in [3.05, 3.63) is 111 Å². The fourth-order valence-electron chi connectivity index (χ4n) is 4.83. The summed E-state index contributed by atoms with van der Waals surface area (Å²) >= 11 is 6.24. The fourth-order valence-corrected chi connectivity index (χ4v) is 5.00. The predicted octanol–water partition coefficient (Wildman–Crippen LogP) is 5.85. The molecule has 41 heavy (non-hydrogen) atoms. The highest BCUT2D eigenvalue weighted by molar-refractivity contribution is 6.31. The molecule has 3 N–H and O–H groups in total. The maximum atomic E-state index is 13.6. The number of rotatable bonds is 10. The number of carboxylic acids is 1. The number of aromatic amines is 1. The summed E-state index contributed by atoms with van der Waals surface area (Å²) in [6, 6.07) is 22.7. The Morgan fingerprint density at radius 2 is 1.83 bits per heavy atom. The van der Waals surface area contributed by atoms with Gasteiger partial charge in [-0.1, -0.05) is 41.9 Å². The number of carbonyl (C=O) groups excluding carboxylic acids is 1. The molecule has 0 aliphatic heterocycles. The third kappa shape index (κ3) is 6.00. The first-order valence-electron chi connectivity index (χ1n) is 12.9. The zero-order chi connectivity index (χ0) is 29.1. The van der Waals surface area contributed by atoms with Crippen LogP contribution in [0, 0.1) is 0 Å². The molecule has 2 aromatic heterocycles. The maximum Gasteiger partial charge on any atom is 0.352 e. The molecule has 0 unspecified atom stereocenters. The van der Waals surface area contributed by atoms with E-state index in [9.17, 15) is 19.5 Å². The van der Waals surface area contributed by atoms with E-state index in [4.69, 9.17) is 16.3 Å². The Morgan fingerprint density at radius 1 is 1.05 bits per heavy atom. The molecule has 0 radical (unpaired) electrons. The van der Waals surface area contributed by atoms with E-state index in [0.29, 0.717) is 40.2 Å². The average Bonchev–Trinajstić information content (AvgIpc) is 3.39. The number of nitrogens with zero attached hydrogens (tertiary/aromatic N) is 2. The van der Waals surface area contributed by atoms with Crippen molar-refractivity contribution < 1.29 is 19.4 Å². The molecule has 2 heterocycles. The van der Waals surface area contributed by atoms with Gasteiger partial charge in [-0.3, -0.25) is 9.59 Å². The highest BCUT2D eigenvalue weighted by Gasteiger charge is 2.21. The van der Waals surface area contributed by atoms with Crippen molar-refractivity contribution in [3.8, 4) is 17.0 Å². The normalized spacial score (nSPS) is 11.8. The van der Waals surface area contributed by atoms with E-state index in [-0.39, 0.29) is 22.9 Å². The highest BCUT2D eigenvalue weighted by Crippen LogP contribution is 2.32. The fraction of sp³-hybridized carbons (Fsp3) is 0.161. The van der Waals surface area contributed by atoms with Crippen LogP contribution in [0.2, 0.25) is 5.02 Å².